The summed E-state index contributed by atoms with van der Waals surface area (Å²) in [4.78, 5) is 3.31. The van der Waals surface area contributed by atoms with Crippen molar-refractivity contribution < 1.29 is 4.39 Å². The van der Waals surface area contributed by atoms with E-state index < -0.39 is 0 Å². The number of nitrogens with zero attached hydrogens (tertiary/aromatic N) is 1. The van der Waals surface area contributed by atoms with Gasteiger partial charge in [-0.2, -0.15) is 0 Å². The predicted octanol–water partition coefficient (Wildman–Crippen LogP) is 6.45. The Labute approximate surface area is 190 Å². The van der Waals surface area contributed by atoms with E-state index in [0.29, 0.717) is 0 Å². The number of rotatable bonds is 7. The van der Waals surface area contributed by atoms with Gasteiger partial charge in [0.1, 0.15) is 5.82 Å². The summed E-state index contributed by atoms with van der Waals surface area (Å²) in [5.41, 5.74) is 4.83. The van der Waals surface area contributed by atoms with Crippen molar-refractivity contribution in [3.05, 3.63) is 89.3 Å². The van der Waals surface area contributed by atoms with Crippen LogP contribution in [0.3, 0.4) is 0 Å². The number of allylic oxidation sites excluding steroid dienone is 2. The third-order valence-electron chi connectivity index (χ3n) is 5.92. The van der Waals surface area contributed by atoms with Crippen molar-refractivity contribution in [2.24, 2.45) is 0 Å². The zero-order valence-electron chi connectivity index (χ0n) is 17.8. The Kier molecular flexibility index (Phi) is 7.81. The largest absolute Gasteiger partial charge is 0.289 e. The van der Waals surface area contributed by atoms with Gasteiger partial charge in [0.05, 0.1) is 17.6 Å². The minimum absolute atomic E-state index is 0.0449. The summed E-state index contributed by atoms with van der Waals surface area (Å²) in [5, 5.41) is 3.74. The van der Waals surface area contributed by atoms with Gasteiger partial charge in [-0.1, -0.05) is 42.8 Å². The van der Waals surface area contributed by atoms with Crippen molar-refractivity contribution in [3.8, 4) is 0 Å². The molecule has 0 radical (unpaired) electrons. The molecule has 3 rings (SSSR count). The fourth-order valence-electron chi connectivity index (χ4n) is 4.24. The van der Waals surface area contributed by atoms with Crippen LogP contribution in [0.25, 0.3) is 0 Å². The maximum Gasteiger partial charge on any atom is 0.123 e. The summed E-state index contributed by atoms with van der Waals surface area (Å²) in [7, 11) is 2.13. The van der Waals surface area contributed by atoms with Crippen molar-refractivity contribution in [2.45, 2.75) is 55.2 Å². The van der Waals surface area contributed by atoms with E-state index in [1.165, 1.54) is 28.8 Å². The predicted molar refractivity (Wildman–Crippen MR) is 128 cm³/mol. The zero-order valence-corrected chi connectivity index (χ0v) is 19.4. The lowest BCUT2D eigenvalue weighted by Gasteiger charge is -2.28. The van der Waals surface area contributed by atoms with Crippen LogP contribution in [0.4, 0.5) is 4.39 Å². The molecule has 1 saturated heterocycles. The van der Waals surface area contributed by atoms with Gasteiger partial charge in [-0.15, -0.1) is 30.8 Å². The highest BCUT2D eigenvalue weighted by Gasteiger charge is 2.41. The molecule has 30 heavy (non-hydrogen) atoms. The smallest absolute Gasteiger partial charge is 0.123 e. The van der Waals surface area contributed by atoms with Crippen LogP contribution in [0.15, 0.2) is 71.7 Å². The molecule has 0 bridgehead atoms. The number of hydrogen-bond donors (Lipinski definition) is 2. The number of hydrogen-bond acceptors (Lipinski definition) is 3. The van der Waals surface area contributed by atoms with Crippen LogP contribution in [0.5, 0.6) is 0 Å². The van der Waals surface area contributed by atoms with Crippen molar-refractivity contribution in [1.29, 1.82) is 0 Å². The third-order valence-corrected chi connectivity index (χ3v) is 6.56. The number of likely N-dealkylation sites (N-methyl/N-ethyl adjacent to an activating group) is 1. The van der Waals surface area contributed by atoms with Gasteiger partial charge >= 0.3 is 0 Å². The van der Waals surface area contributed by atoms with E-state index in [-0.39, 0.29) is 29.4 Å². The first-order chi connectivity index (χ1) is 14.3. The van der Waals surface area contributed by atoms with Crippen LogP contribution in [0.2, 0.25) is 0 Å². The lowest BCUT2D eigenvalue weighted by atomic mass is 9.94. The average Bonchev–Trinajstić information content (AvgIpc) is 3.09. The fraction of sp³-hybridized carbons (Fsp3) is 0.360. The first-order valence-corrected chi connectivity index (χ1v) is 11.2. The molecule has 1 aliphatic rings. The molecule has 1 heterocycles. The van der Waals surface area contributed by atoms with Gasteiger partial charge in [0.15, 0.2) is 0 Å². The molecule has 5 heteroatoms. The van der Waals surface area contributed by atoms with Crippen molar-refractivity contribution in [1.82, 2.24) is 10.2 Å². The summed E-state index contributed by atoms with van der Waals surface area (Å²) in [6, 6.07) is 13.3. The van der Waals surface area contributed by atoms with Crippen LogP contribution in [-0.4, -0.2) is 23.4 Å². The second-order valence-corrected chi connectivity index (χ2v) is 8.96. The summed E-state index contributed by atoms with van der Waals surface area (Å²) < 4.78 is 13.6. The Morgan fingerprint density at radius 1 is 1.30 bits per heavy atom. The van der Waals surface area contributed by atoms with Gasteiger partial charge in [0, 0.05) is 10.9 Å². The molecule has 0 aliphatic carbocycles. The van der Waals surface area contributed by atoms with E-state index in [9.17, 15) is 4.39 Å². The minimum atomic E-state index is -0.221. The topological polar surface area (TPSA) is 15.3 Å². The van der Waals surface area contributed by atoms with Crippen LogP contribution >= 0.6 is 24.2 Å². The maximum absolute atomic E-state index is 13.6. The second kappa shape index (κ2) is 10.1. The van der Waals surface area contributed by atoms with Crippen molar-refractivity contribution >= 4 is 24.2 Å². The first kappa shape index (κ1) is 23.1. The van der Waals surface area contributed by atoms with Crippen LogP contribution in [0, 0.1) is 5.82 Å². The van der Waals surface area contributed by atoms with E-state index in [1.54, 1.807) is 6.08 Å². The molecule has 2 nitrogen and oxygen atoms in total. The highest BCUT2D eigenvalue weighted by atomic mass is 35.5. The summed E-state index contributed by atoms with van der Waals surface area (Å²) >= 11 is 10.8. The van der Waals surface area contributed by atoms with Gasteiger partial charge in [-0.05, 0) is 67.8 Å². The fourth-order valence-corrected chi connectivity index (χ4v) is 4.56. The molecular formula is C25H30ClFN2S. The number of nitrogens with one attached hydrogen (secondary N) is 1. The molecule has 0 saturated carbocycles. The molecule has 0 spiro atoms. The lowest BCUT2D eigenvalue weighted by Crippen LogP contribution is -2.29. The number of benzene rings is 2. The molecule has 4 unspecified atom stereocenters. The zero-order chi connectivity index (χ0) is 21.8. The molecule has 0 aromatic heterocycles. The van der Waals surface area contributed by atoms with Gasteiger partial charge in [0.25, 0.3) is 0 Å². The standard InChI is InChI=1S/C25H30ClFN2S/c1-5-17-15-21(30)13-14-22(17)25-28-23(16(3)7-10-19(26)6-2)24(29(25)4)18-8-11-20(27)12-9-18/h6-9,11-15,19,23-25,28,30H,2,5,10H2,1,3-4H3/b16-7+. The molecule has 4 atom stereocenters. The molecule has 160 valence electrons. The molecular weight excluding hydrogens is 415 g/mol. The minimum Gasteiger partial charge on any atom is -0.289 e. The van der Waals surface area contributed by atoms with Crippen LogP contribution < -0.4 is 5.32 Å². The Balaban J connectivity index is 2.00. The van der Waals surface area contributed by atoms with Crippen LogP contribution in [0.1, 0.15) is 49.2 Å². The third kappa shape index (κ3) is 5.00. The van der Waals surface area contributed by atoms with Crippen molar-refractivity contribution in [3.63, 3.8) is 0 Å². The Morgan fingerprint density at radius 3 is 2.63 bits per heavy atom. The Bertz CT molecular complexity index is 912. The maximum atomic E-state index is 13.6. The lowest BCUT2D eigenvalue weighted by molar-refractivity contribution is 0.236. The number of halogens is 2. The molecule has 1 N–H and O–H groups in total. The van der Waals surface area contributed by atoms with Gasteiger partial charge in [-0.25, -0.2) is 4.39 Å². The molecule has 1 fully saturated rings. The quantitative estimate of drug-likeness (QED) is 0.290. The van der Waals surface area contributed by atoms with E-state index in [4.69, 9.17) is 11.6 Å². The Morgan fingerprint density at radius 2 is 2.00 bits per heavy atom. The number of aryl methyl sites for hydroxylation is 1. The SMILES string of the molecule is C=CC(Cl)C/C=C(\C)C1NC(c2ccc(S)cc2CC)N(C)C1c1ccc(F)cc1. The summed E-state index contributed by atoms with van der Waals surface area (Å²) in [6.45, 7) is 8.07. The van der Waals surface area contributed by atoms with Crippen LogP contribution in [-0.2, 0) is 6.42 Å². The molecule has 1 aliphatic heterocycles. The summed E-state index contributed by atoms with van der Waals surface area (Å²) in [6.07, 6.45) is 5.65. The molecule has 2 aromatic rings. The highest BCUT2D eigenvalue weighted by molar-refractivity contribution is 7.80. The van der Waals surface area contributed by atoms with E-state index >= 15 is 0 Å². The average molecular weight is 445 g/mol. The summed E-state index contributed by atoms with van der Waals surface area (Å²) in [5.74, 6) is -0.221. The van der Waals surface area contributed by atoms with E-state index in [0.717, 1.165) is 23.3 Å². The number of thiol groups is 1. The monoisotopic (exact) mass is 444 g/mol. The van der Waals surface area contributed by atoms with Gasteiger partial charge in [-0.3, -0.25) is 10.2 Å². The van der Waals surface area contributed by atoms with E-state index in [1.807, 2.05) is 18.2 Å². The highest BCUT2D eigenvalue weighted by Crippen LogP contribution is 2.41. The normalized spacial score (nSPS) is 23.5. The van der Waals surface area contributed by atoms with Gasteiger partial charge < -0.3 is 0 Å². The van der Waals surface area contributed by atoms with Crippen molar-refractivity contribution in [2.75, 3.05) is 7.05 Å². The van der Waals surface area contributed by atoms with E-state index in [2.05, 4.69) is 68.5 Å². The second-order valence-electron chi connectivity index (χ2n) is 7.88. The molecule has 2 aromatic carbocycles. The molecule has 0 amide bonds. The van der Waals surface area contributed by atoms with Gasteiger partial charge in [0.2, 0.25) is 0 Å². The number of alkyl halides is 1. The first-order valence-electron chi connectivity index (χ1n) is 10.3. The Hall–Kier alpha value is -1.59.